The van der Waals surface area contributed by atoms with E-state index in [2.05, 4.69) is 10.1 Å². The Labute approximate surface area is 138 Å². The van der Waals surface area contributed by atoms with Crippen molar-refractivity contribution in [1.29, 1.82) is 5.41 Å². The van der Waals surface area contributed by atoms with E-state index in [0.29, 0.717) is 11.7 Å². The van der Waals surface area contributed by atoms with Crippen molar-refractivity contribution in [2.45, 2.75) is 18.9 Å². The van der Waals surface area contributed by atoms with Crippen molar-refractivity contribution in [2.75, 3.05) is 6.54 Å². The summed E-state index contributed by atoms with van der Waals surface area (Å²) in [6, 6.07) is 10.9. The Balaban J connectivity index is 1.67. The number of phenols is 1. The number of likely N-dealkylation sites (tertiary alicyclic amines) is 1. The molecule has 0 aliphatic carbocycles. The highest BCUT2D eigenvalue weighted by atomic mass is 16.5. The highest BCUT2D eigenvalue weighted by molar-refractivity contribution is 5.87. The first-order valence-electron chi connectivity index (χ1n) is 7.79. The molecule has 0 amide bonds. The highest BCUT2D eigenvalue weighted by Gasteiger charge is 2.31. The molecule has 0 saturated carbocycles. The number of hydrogen-bond donors (Lipinski definition) is 3. The number of benzene rings is 2. The largest absolute Gasteiger partial charge is 0.508 e. The van der Waals surface area contributed by atoms with Crippen LogP contribution in [0.1, 0.15) is 24.8 Å². The molecule has 2 heterocycles. The van der Waals surface area contributed by atoms with Gasteiger partial charge in [-0.2, -0.15) is 4.98 Å². The molecule has 1 saturated heterocycles. The molecule has 2 aromatic carbocycles. The van der Waals surface area contributed by atoms with Gasteiger partial charge in [-0.25, -0.2) is 0 Å². The molecule has 0 radical (unpaired) electrons. The first-order valence-corrected chi connectivity index (χ1v) is 7.79. The fourth-order valence-electron chi connectivity index (χ4n) is 3.17. The summed E-state index contributed by atoms with van der Waals surface area (Å²) in [5, 5.41) is 23.2. The van der Waals surface area contributed by atoms with Gasteiger partial charge in [-0.05, 0) is 41.8 Å². The van der Waals surface area contributed by atoms with Crippen molar-refractivity contribution in [3.8, 4) is 17.1 Å². The van der Waals surface area contributed by atoms with Gasteiger partial charge in [0.1, 0.15) is 11.8 Å². The van der Waals surface area contributed by atoms with Gasteiger partial charge in [-0.1, -0.05) is 23.4 Å². The SMILES string of the molecule is N=C(N)N1CCC[C@H]1c1nc(-c2ccc3cc(O)ccc3c2)no1. The van der Waals surface area contributed by atoms with Crippen LogP contribution in [0.15, 0.2) is 40.9 Å². The molecule has 1 aromatic heterocycles. The molecule has 7 heteroatoms. The Bertz CT molecular complexity index is 920. The second-order valence-corrected chi connectivity index (χ2v) is 5.94. The van der Waals surface area contributed by atoms with Crippen LogP contribution in [0.25, 0.3) is 22.2 Å². The second kappa shape index (κ2) is 5.52. The van der Waals surface area contributed by atoms with Crippen molar-refractivity contribution >= 4 is 16.7 Å². The Kier molecular flexibility index (Phi) is 3.34. The smallest absolute Gasteiger partial charge is 0.249 e. The maximum Gasteiger partial charge on any atom is 0.249 e. The summed E-state index contributed by atoms with van der Waals surface area (Å²) in [4.78, 5) is 6.28. The summed E-state index contributed by atoms with van der Waals surface area (Å²) in [5.41, 5.74) is 6.46. The topological polar surface area (TPSA) is 112 Å². The molecule has 122 valence electrons. The number of hydrogen-bond acceptors (Lipinski definition) is 5. The van der Waals surface area contributed by atoms with E-state index in [-0.39, 0.29) is 17.8 Å². The van der Waals surface area contributed by atoms with Crippen LogP contribution < -0.4 is 5.73 Å². The van der Waals surface area contributed by atoms with E-state index in [4.69, 9.17) is 15.7 Å². The molecule has 1 atom stereocenters. The molecule has 1 aliphatic heterocycles. The number of fused-ring (bicyclic) bond motifs is 1. The van der Waals surface area contributed by atoms with E-state index in [1.54, 1.807) is 17.0 Å². The predicted octanol–water partition coefficient (Wildman–Crippen LogP) is 2.63. The predicted molar refractivity (Wildman–Crippen MR) is 89.5 cm³/mol. The number of guanidine groups is 1. The van der Waals surface area contributed by atoms with E-state index in [0.717, 1.165) is 35.7 Å². The third kappa shape index (κ3) is 2.44. The fourth-order valence-corrected chi connectivity index (χ4v) is 3.17. The first-order chi connectivity index (χ1) is 11.6. The van der Waals surface area contributed by atoms with Crippen molar-refractivity contribution in [1.82, 2.24) is 15.0 Å². The molecule has 1 fully saturated rings. The van der Waals surface area contributed by atoms with Gasteiger partial charge in [0.05, 0.1) is 0 Å². The number of rotatable bonds is 2. The van der Waals surface area contributed by atoms with E-state index in [9.17, 15) is 5.11 Å². The Morgan fingerprint density at radius 1 is 1.25 bits per heavy atom. The van der Waals surface area contributed by atoms with Crippen LogP contribution >= 0.6 is 0 Å². The zero-order chi connectivity index (χ0) is 16.7. The van der Waals surface area contributed by atoms with Gasteiger partial charge in [0.15, 0.2) is 5.96 Å². The summed E-state index contributed by atoms with van der Waals surface area (Å²) in [6.45, 7) is 0.733. The number of phenolic OH excluding ortho intramolecular Hbond substituents is 1. The van der Waals surface area contributed by atoms with Gasteiger partial charge in [0, 0.05) is 12.1 Å². The third-order valence-electron chi connectivity index (χ3n) is 4.37. The Hall–Kier alpha value is -3.09. The minimum atomic E-state index is -0.124. The number of nitrogens with zero attached hydrogens (tertiary/aromatic N) is 3. The molecule has 0 unspecified atom stereocenters. The molecule has 0 bridgehead atoms. The second-order valence-electron chi connectivity index (χ2n) is 5.94. The average Bonchev–Trinajstić information content (AvgIpc) is 3.23. The molecule has 24 heavy (non-hydrogen) atoms. The van der Waals surface area contributed by atoms with Gasteiger partial charge in [0.2, 0.25) is 11.7 Å². The minimum Gasteiger partial charge on any atom is -0.508 e. The standard InChI is InChI=1S/C17H17N5O2/c18-17(19)22-7-1-2-14(22)16-20-15(21-24-16)12-4-3-11-9-13(23)6-5-10(11)8-12/h3-6,8-9,14,23H,1-2,7H2,(H3,18,19)/t14-/m0/s1. The summed E-state index contributed by atoms with van der Waals surface area (Å²) < 4.78 is 5.42. The Morgan fingerprint density at radius 2 is 2.04 bits per heavy atom. The molecule has 4 N–H and O–H groups in total. The number of aromatic nitrogens is 2. The van der Waals surface area contributed by atoms with Gasteiger partial charge >= 0.3 is 0 Å². The van der Waals surface area contributed by atoms with E-state index in [1.165, 1.54) is 0 Å². The molecular weight excluding hydrogens is 306 g/mol. The maximum absolute atomic E-state index is 9.54. The highest BCUT2D eigenvalue weighted by Crippen LogP contribution is 2.32. The molecule has 3 aromatic rings. The molecule has 1 aliphatic rings. The number of aromatic hydroxyl groups is 1. The van der Waals surface area contributed by atoms with E-state index >= 15 is 0 Å². The summed E-state index contributed by atoms with van der Waals surface area (Å²) in [6.07, 6.45) is 1.79. The van der Waals surface area contributed by atoms with E-state index in [1.807, 2.05) is 24.3 Å². The van der Waals surface area contributed by atoms with Gasteiger partial charge < -0.3 is 20.3 Å². The van der Waals surface area contributed by atoms with Gasteiger partial charge in [-0.3, -0.25) is 5.41 Å². The third-order valence-corrected chi connectivity index (χ3v) is 4.37. The van der Waals surface area contributed by atoms with Crippen molar-refractivity contribution in [3.63, 3.8) is 0 Å². The van der Waals surface area contributed by atoms with Crippen LogP contribution in [0.3, 0.4) is 0 Å². The van der Waals surface area contributed by atoms with Crippen LogP contribution in [0, 0.1) is 5.41 Å². The average molecular weight is 323 g/mol. The summed E-state index contributed by atoms with van der Waals surface area (Å²) >= 11 is 0. The van der Waals surface area contributed by atoms with Crippen LogP contribution in [0.4, 0.5) is 0 Å². The first kappa shape index (κ1) is 14.5. The molecule has 7 nitrogen and oxygen atoms in total. The number of nitrogens with two attached hydrogens (primary N) is 1. The van der Waals surface area contributed by atoms with Crippen LogP contribution in [0.5, 0.6) is 5.75 Å². The van der Waals surface area contributed by atoms with Gasteiger partial charge in [0.25, 0.3) is 0 Å². The quantitative estimate of drug-likeness (QED) is 0.493. The lowest BCUT2D eigenvalue weighted by Crippen LogP contribution is -2.35. The molecule has 4 rings (SSSR count). The molecule has 0 spiro atoms. The fraction of sp³-hybridized carbons (Fsp3) is 0.235. The normalized spacial score (nSPS) is 17.5. The minimum absolute atomic E-state index is 0.0303. The van der Waals surface area contributed by atoms with Gasteiger partial charge in [-0.15, -0.1) is 0 Å². The van der Waals surface area contributed by atoms with Crippen molar-refractivity contribution in [2.24, 2.45) is 5.73 Å². The van der Waals surface area contributed by atoms with Crippen LogP contribution in [-0.2, 0) is 0 Å². The zero-order valence-corrected chi connectivity index (χ0v) is 12.9. The lowest BCUT2D eigenvalue weighted by molar-refractivity contribution is 0.283. The number of nitrogens with one attached hydrogen (secondary N) is 1. The molecular formula is C17H17N5O2. The van der Waals surface area contributed by atoms with Crippen LogP contribution in [-0.4, -0.2) is 32.7 Å². The van der Waals surface area contributed by atoms with Crippen molar-refractivity contribution in [3.05, 3.63) is 42.3 Å². The zero-order valence-electron chi connectivity index (χ0n) is 12.9. The van der Waals surface area contributed by atoms with E-state index < -0.39 is 0 Å². The summed E-state index contributed by atoms with van der Waals surface area (Å²) in [7, 11) is 0. The van der Waals surface area contributed by atoms with Crippen LogP contribution in [0.2, 0.25) is 0 Å². The van der Waals surface area contributed by atoms with Crippen molar-refractivity contribution < 1.29 is 9.63 Å². The lowest BCUT2D eigenvalue weighted by Gasteiger charge is -2.21. The lowest BCUT2D eigenvalue weighted by atomic mass is 10.1. The maximum atomic E-state index is 9.54. The summed E-state index contributed by atoms with van der Waals surface area (Å²) in [5.74, 6) is 1.27. The Morgan fingerprint density at radius 3 is 2.88 bits per heavy atom. The monoisotopic (exact) mass is 323 g/mol.